The van der Waals surface area contributed by atoms with Crippen molar-refractivity contribution in [1.82, 2.24) is 5.32 Å². The zero-order chi connectivity index (χ0) is 11.8. The molecule has 90 valence electrons. The van der Waals surface area contributed by atoms with Crippen molar-refractivity contribution in [2.75, 3.05) is 26.8 Å². The van der Waals surface area contributed by atoms with Crippen LogP contribution in [0, 0.1) is 5.92 Å². The van der Waals surface area contributed by atoms with Gasteiger partial charge in [0.15, 0.2) is 0 Å². The van der Waals surface area contributed by atoms with E-state index in [2.05, 4.69) is 52.4 Å². The van der Waals surface area contributed by atoms with Gasteiger partial charge in [-0.1, -0.05) is 35.0 Å². The number of halogens is 1. The average molecular weight is 286 g/mol. The van der Waals surface area contributed by atoms with E-state index >= 15 is 0 Å². The van der Waals surface area contributed by atoms with Gasteiger partial charge in [-0.3, -0.25) is 0 Å². The number of methoxy groups -OCH3 is 1. The Balaban J connectivity index is 2.49. The molecule has 1 aromatic rings. The monoisotopic (exact) mass is 285 g/mol. The second kappa shape index (κ2) is 7.82. The molecule has 0 amide bonds. The molecule has 1 aromatic carbocycles. The molecule has 0 aliphatic heterocycles. The van der Waals surface area contributed by atoms with Crippen LogP contribution in [0.2, 0.25) is 0 Å². The van der Waals surface area contributed by atoms with Gasteiger partial charge in [-0.05, 0) is 36.6 Å². The Morgan fingerprint density at radius 1 is 1.31 bits per heavy atom. The lowest BCUT2D eigenvalue weighted by atomic mass is 10.00. The molecule has 2 nitrogen and oxygen atoms in total. The molecule has 16 heavy (non-hydrogen) atoms. The Hall–Kier alpha value is -0.380. The van der Waals surface area contributed by atoms with Gasteiger partial charge < -0.3 is 10.1 Å². The molecule has 1 unspecified atom stereocenters. The summed E-state index contributed by atoms with van der Waals surface area (Å²) in [6.07, 6.45) is 1.06. The summed E-state index contributed by atoms with van der Waals surface area (Å²) < 4.78 is 6.38. The van der Waals surface area contributed by atoms with Crippen LogP contribution < -0.4 is 5.32 Å². The first kappa shape index (κ1) is 13.7. The predicted octanol–water partition coefficient (Wildman–Crippen LogP) is 2.86. The molecule has 0 spiro atoms. The summed E-state index contributed by atoms with van der Waals surface area (Å²) in [4.78, 5) is 0. The van der Waals surface area contributed by atoms with Crippen LogP contribution in [0.4, 0.5) is 0 Å². The van der Waals surface area contributed by atoms with Crippen molar-refractivity contribution in [3.05, 3.63) is 34.3 Å². The second-order valence-electron chi connectivity index (χ2n) is 3.96. The van der Waals surface area contributed by atoms with Gasteiger partial charge in [-0.15, -0.1) is 0 Å². The first-order valence-electron chi connectivity index (χ1n) is 5.70. The van der Waals surface area contributed by atoms with Crippen LogP contribution in [0.25, 0.3) is 0 Å². The third-order valence-electron chi connectivity index (χ3n) is 2.52. The fourth-order valence-electron chi connectivity index (χ4n) is 1.73. The SMILES string of the molecule is CCNCC(COC)Cc1ccc(Br)cc1. The van der Waals surface area contributed by atoms with Crippen LogP contribution in [0.15, 0.2) is 28.7 Å². The quantitative estimate of drug-likeness (QED) is 0.832. The number of hydrogen-bond acceptors (Lipinski definition) is 2. The minimum atomic E-state index is 0.547. The largest absolute Gasteiger partial charge is 0.384 e. The van der Waals surface area contributed by atoms with Crippen LogP contribution >= 0.6 is 15.9 Å². The molecule has 0 fully saturated rings. The maximum Gasteiger partial charge on any atom is 0.0505 e. The lowest BCUT2D eigenvalue weighted by Gasteiger charge is -2.16. The lowest BCUT2D eigenvalue weighted by molar-refractivity contribution is 0.151. The van der Waals surface area contributed by atoms with E-state index in [-0.39, 0.29) is 0 Å². The number of benzene rings is 1. The van der Waals surface area contributed by atoms with Crippen LogP contribution in [0.3, 0.4) is 0 Å². The molecule has 0 heterocycles. The molecule has 0 saturated heterocycles. The summed E-state index contributed by atoms with van der Waals surface area (Å²) >= 11 is 3.45. The van der Waals surface area contributed by atoms with E-state index in [1.165, 1.54) is 5.56 Å². The van der Waals surface area contributed by atoms with E-state index in [1.54, 1.807) is 7.11 Å². The van der Waals surface area contributed by atoms with Gasteiger partial charge in [0.2, 0.25) is 0 Å². The molecule has 0 aromatic heterocycles. The predicted molar refractivity (Wildman–Crippen MR) is 71.8 cm³/mol. The van der Waals surface area contributed by atoms with Crippen molar-refractivity contribution in [2.45, 2.75) is 13.3 Å². The summed E-state index contributed by atoms with van der Waals surface area (Å²) in [5.74, 6) is 0.547. The van der Waals surface area contributed by atoms with E-state index in [0.717, 1.165) is 30.6 Å². The zero-order valence-electron chi connectivity index (χ0n) is 10.0. The molecule has 1 rings (SSSR count). The van der Waals surface area contributed by atoms with E-state index < -0.39 is 0 Å². The molecule has 0 aliphatic rings. The number of hydrogen-bond donors (Lipinski definition) is 1. The minimum Gasteiger partial charge on any atom is -0.384 e. The van der Waals surface area contributed by atoms with Crippen LogP contribution in [-0.4, -0.2) is 26.8 Å². The molecule has 0 radical (unpaired) electrons. The highest BCUT2D eigenvalue weighted by Crippen LogP contribution is 2.14. The highest BCUT2D eigenvalue weighted by atomic mass is 79.9. The fourth-order valence-corrected chi connectivity index (χ4v) is 1.99. The van der Waals surface area contributed by atoms with Crippen LogP contribution in [0.5, 0.6) is 0 Å². The van der Waals surface area contributed by atoms with Crippen molar-refractivity contribution in [2.24, 2.45) is 5.92 Å². The van der Waals surface area contributed by atoms with Crippen molar-refractivity contribution in [3.63, 3.8) is 0 Å². The molecular formula is C13H20BrNO. The minimum absolute atomic E-state index is 0.547. The van der Waals surface area contributed by atoms with Gasteiger partial charge in [-0.25, -0.2) is 0 Å². The van der Waals surface area contributed by atoms with Gasteiger partial charge in [0, 0.05) is 18.1 Å². The summed E-state index contributed by atoms with van der Waals surface area (Å²) in [6, 6.07) is 8.51. The maximum absolute atomic E-state index is 5.25. The Labute approximate surface area is 107 Å². The summed E-state index contributed by atoms with van der Waals surface area (Å²) in [7, 11) is 1.76. The van der Waals surface area contributed by atoms with Gasteiger partial charge in [0.05, 0.1) is 6.61 Å². The van der Waals surface area contributed by atoms with Crippen molar-refractivity contribution >= 4 is 15.9 Å². The van der Waals surface area contributed by atoms with Gasteiger partial charge in [0.25, 0.3) is 0 Å². The molecule has 1 atom stereocenters. The summed E-state index contributed by atoms with van der Waals surface area (Å²) in [5.41, 5.74) is 1.36. The molecule has 0 bridgehead atoms. The van der Waals surface area contributed by atoms with Crippen LogP contribution in [-0.2, 0) is 11.2 Å². The van der Waals surface area contributed by atoms with Gasteiger partial charge in [-0.2, -0.15) is 0 Å². The second-order valence-corrected chi connectivity index (χ2v) is 4.88. The van der Waals surface area contributed by atoms with Crippen molar-refractivity contribution in [3.8, 4) is 0 Å². The first-order chi connectivity index (χ1) is 7.76. The zero-order valence-corrected chi connectivity index (χ0v) is 11.6. The molecular weight excluding hydrogens is 266 g/mol. The van der Waals surface area contributed by atoms with Gasteiger partial charge in [0.1, 0.15) is 0 Å². The Morgan fingerprint density at radius 2 is 2.00 bits per heavy atom. The molecule has 1 N–H and O–H groups in total. The first-order valence-corrected chi connectivity index (χ1v) is 6.49. The summed E-state index contributed by atoms with van der Waals surface area (Å²) in [5, 5.41) is 3.38. The number of nitrogens with one attached hydrogen (secondary N) is 1. The fraction of sp³-hybridized carbons (Fsp3) is 0.538. The van der Waals surface area contributed by atoms with E-state index in [9.17, 15) is 0 Å². The van der Waals surface area contributed by atoms with Crippen molar-refractivity contribution < 1.29 is 4.74 Å². The van der Waals surface area contributed by atoms with E-state index in [0.29, 0.717) is 5.92 Å². The highest BCUT2D eigenvalue weighted by molar-refractivity contribution is 9.10. The highest BCUT2D eigenvalue weighted by Gasteiger charge is 2.08. The number of ether oxygens (including phenoxy) is 1. The van der Waals surface area contributed by atoms with Crippen LogP contribution in [0.1, 0.15) is 12.5 Å². The topological polar surface area (TPSA) is 21.3 Å². The molecule has 3 heteroatoms. The Bertz CT molecular complexity index is 286. The molecule has 0 saturated carbocycles. The normalized spacial score (nSPS) is 12.7. The standard InChI is InChI=1S/C13H20BrNO/c1-3-15-9-12(10-16-2)8-11-4-6-13(14)7-5-11/h4-7,12,15H,3,8-10H2,1-2H3. The Kier molecular flexibility index (Phi) is 6.69. The van der Waals surface area contributed by atoms with E-state index in [1.807, 2.05) is 0 Å². The smallest absolute Gasteiger partial charge is 0.0505 e. The Morgan fingerprint density at radius 3 is 2.56 bits per heavy atom. The molecule has 0 aliphatic carbocycles. The third-order valence-corrected chi connectivity index (χ3v) is 3.05. The van der Waals surface area contributed by atoms with E-state index in [4.69, 9.17) is 4.74 Å². The van der Waals surface area contributed by atoms with Crippen molar-refractivity contribution in [1.29, 1.82) is 0 Å². The maximum atomic E-state index is 5.25. The summed E-state index contributed by atoms with van der Waals surface area (Å²) in [6.45, 7) is 4.97. The lowest BCUT2D eigenvalue weighted by Crippen LogP contribution is -2.27. The third kappa shape index (κ3) is 5.10. The number of rotatable bonds is 7. The van der Waals surface area contributed by atoms with Gasteiger partial charge >= 0.3 is 0 Å². The average Bonchev–Trinajstić information content (AvgIpc) is 2.29.